The summed E-state index contributed by atoms with van der Waals surface area (Å²) in [7, 11) is 0. The first-order chi connectivity index (χ1) is 10.1. The SMILES string of the molecule is O=C(O)c1nnn(Cc2cccc([N+](=O)[O-])c2)c1C1CC1. The number of carboxylic acid groups (broad SMARTS) is 1. The van der Waals surface area contributed by atoms with Gasteiger partial charge in [-0.1, -0.05) is 17.3 Å². The highest BCUT2D eigenvalue weighted by Crippen LogP contribution is 2.41. The van der Waals surface area contributed by atoms with Crippen molar-refractivity contribution in [2.24, 2.45) is 0 Å². The summed E-state index contributed by atoms with van der Waals surface area (Å²) in [6.07, 6.45) is 1.84. The fourth-order valence-electron chi connectivity index (χ4n) is 2.29. The van der Waals surface area contributed by atoms with Gasteiger partial charge in [0.15, 0.2) is 5.69 Å². The number of non-ortho nitro benzene ring substituents is 1. The van der Waals surface area contributed by atoms with E-state index in [1.54, 1.807) is 12.1 Å². The molecule has 2 aromatic rings. The monoisotopic (exact) mass is 288 g/mol. The summed E-state index contributed by atoms with van der Waals surface area (Å²) >= 11 is 0. The second-order valence-electron chi connectivity index (χ2n) is 4.99. The average Bonchev–Trinajstić information content (AvgIpc) is 3.20. The number of rotatable bonds is 5. The molecular weight excluding hydrogens is 276 g/mol. The molecule has 0 spiro atoms. The zero-order valence-electron chi connectivity index (χ0n) is 11.0. The molecule has 1 aromatic heterocycles. The van der Waals surface area contributed by atoms with Crippen LogP contribution >= 0.6 is 0 Å². The van der Waals surface area contributed by atoms with Crippen molar-refractivity contribution in [1.82, 2.24) is 15.0 Å². The molecule has 1 N–H and O–H groups in total. The first-order valence-corrected chi connectivity index (χ1v) is 6.46. The van der Waals surface area contributed by atoms with E-state index in [1.807, 2.05) is 0 Å². The Morgan fingerprint density at radius 3 is 2.86 bits per heavy atom. The van der Waals surface area contributed by atoms with Crippen molar-refractivity contribution in [3.05, 3.63) is 51.3 Å². The number of benzene rings is 1. The Labute approximate surface area is 119 Å². The lowest BCUT2D eigenvalue weighted by molar-refractivity contribution is -0.384. The normalized spacial score (nSPS) is 14.1. The molecule has 0 unspecified atom stereocenters. The first-order valence-electron chi connectivity index (χ1n) is 6.46. The van der Waals surface area contributed by atoms with Gasteiger partial charge >= 0.3 is 5.97 Å². The summed E-state index contributed by atoms with van der Waals surface area (Å²) < 4.78 is 1.53. The minimum Gasteiger partial charge on any atom is -0.476 e. The third-order valence-corrected chi connectivity index (χ3v) is 3.39. The molecule has 1 saturated carbocycles. The number of hydrogen-bond acceptors (Lipinski definition) is 5. The Bertz CT molecular complexity index is 721. The predicted octanol–water partition coefficient (Wildman–Crippen LogP) is 1.81. The highest BCUT2D eigenvalue weighted by molar-refractivity contribution is 5.86. The predicted molar refractivity (Wildman–Crippen MR) is 71.2 cm³/mol. The van der Waals surface area contributed by atoms with Gasteiger partial charge in [-0.3, -0.25) is 10.1 Å². The maximum atomic E-state index is 11.2. The van der Waals surface area contributed by atoms with Gasteiger partial charge in [-0.25, -0.2) is 9.48 Å². The third-order valence-electron chi connectivity index (χ3n) is 3.39. The molecule has 8 heteroatoms. The summed E-state index contributed by atoms with van der Waals surface area (Å²) in [6.45, 7) is 0.272. The van der Waals surface area contributed by atoms with E-state index < -0.39 is 10.9 Å². The third kappa shape index (κ3) is 2.60. The maximum Gasteiger partial charge on any atom is 0.358 e. The Morgan fingerprint density at radius 2 is 2.24 bits per heavy atom. The van der Waals surface area contributed by atoms with Crippen molar-refractivity contribution in [1.29, 1.82) is 0 Å². The Kier molecular flexibility index (Phi) is 3.13. The highest BCUT2D eigenvalue weighted by atomic mass is 16.6. The molecule has 0 atom stereocenters. The number of nitro groups is 1. The molecule has 0 amide bonds. The maximum absolute atomic E-state index is 11.2. The van der Waals surface area contributed by atoms with E-state index in [1.165, 1.54) is 16.8 Å². The average molecular weight is 288 g/mol. The van der Waals surface area contributed by atoms with Crippen LogP contribution in [0.15, 0.2) is 24.3 Å². The lowest BCUT2D eigenvalue weighted by Gasteiger charge is -2.06. The summed E-state index contributed by atoms with van der Waals surface area (Å²) in [5.74, 6) is -0.924. The molecule has 0 radical (unpaired) electrons. The standard InChI is InChI=1S/C13H12N4O4/c18-13(19)11-12(9-4-5-9)16(15-14-11)7-8-2-1-3-10(6-8)17(20)21/h1-3,6,9H,4-5,7H2,(H,18,19). The van der Waals surface area contributed by atoms with Crippen LogP contribution in [0.5, 0.6) is 0 Å². The molecule has 8 nitrogen and oxygen atoms in total. The quantitative estimate of drug-likeness (QED) is 0.663. The van der Waals surface area contributed by atoms with E-state index in [9.17, 15) is 14.9 Å². The van der Waals surface area contributed by atoms with E-state index >= 15 is 0 Å². The van der Waals surface area contributed by atoms with Crippen molar-refractivity contribution in [2.75, 3.05) is 0 Å². The molecule has 1 aromatic carbocycles. The van der Waals surface area contributed by atoms with Crippen LogP contribution in [0.1, 0.15) is 40.5 Å². The largest absolute Gasteiger partial charge is 0.476 e. The Balaban J connectivity index is 1.93. The molecular formula is C13H12N4O4. The Hall–Kier alpha value is -2.77. The van der Waals surface area contributed by atoms with Crippen LogP contribution in [-0.2, 0) is 6.54 Å². The minimum atomic E-state index is -1.10. The van der Waals surface area contributed by atoms with Crippen LogP contribution in [-0.4, -0.2) is 31.0 Å². The topological polar surface area (TPSA) is 111 Å². The van der Waals surface area contributed by atoms with E-state index in [0.29, 0.717) is 11.3 Å². The second-order valence-corrected chi connectivity index (χ2v) is 4.99. The van der Waals surface area contributed by atoms with Crippen LogP contribution in [0, 0.1) is 10.1 Å². The van der Waals surface area contributed by atoms with Crippen LogP contribution in [0.2, 0.25) is 0 Å². The van der Waals surface area contributed by atoms with Crippen LogP contribution < -0.4 is 0 Å². The van der Waals surface area contributed by atoms with Gasteiger partial charge in [-0.15, -0.1) is 5.10 Å². The lowest BCUT2D eigenvalue weighted by Crippen LogP contribution is -2.08. The zero-order valence-corrected chi connectivity index (χ0v) is 11.0. The van der Waals surface area contributed by atoms with E-state index in [0.717, 1.165) is 12.8 Å². The summed E-state index contributed by atoms with van der Waals surface area (Å²) in [5, 5.41) is 27.5. The first kappa shape index (κ1) is 13.2. The number of nitro benzene ring substituents is 1. The minimum absolute atomic E-state index is 0.000884. The molecule has 1 aliphatic rings. The number of hydrogen-bond donors (Lipinski definition) is 1. The van der Waals surface area contributed by atoms with Crippen molar-refractivity contribution in [2.45, 2.75) is 25.3 Å². The van der Waals surface area contributed by atoms with Crippen molar-refractivity contribution >= 4 is 11.7 Å². The van der Waals surface area contributed by atoms with E-state index in [-0.39, 0.29) is 23.8 Å². The Morgan fingerprint density at radius 1 is 1.48 bits per heavy atom. The van der Waals surface area contributed by atoms with Gasteiger partial charge in [0, 0.05) is 18.1 Å². The van der Waals surface area contributed by atoms with Crippen LogP contribution in [0.25, 0.3) is 0 Å². The van der Waals surface area contributed by atoms with Gasteiger partial charge in [0.25, 0.3) is 5.69 Å². The molecule has 108 valence electrons. The van der Waals surface area contributed by atoms with E-state index in [4.69, 9.17) is 5.11 Å². The number of nitrogens with zero attached hydrogens (tertiary/aromatic N) is 4. The second kappa shape index (κ2) is 4.97. The molecule has 1 aliphatic carbocycles. The summed E-state index contributed by atoms with van der Waals surface area (Å²) in [4.78, 5) is 21.5. The van der Waals surface area contributed by atoms with Crippen molar-refractivity contribution in [3.8, 4) is 0 Å². The van der Waals surface area contributed by atoms with Crippen LogP contribution in [0.4, 0.5) is 5.69 Å². The highest BCUT2D eigenvalue weighted by Gasteiger charge is 2.33. The van der Waals surface area contributed by atoms with Gasteiger partial charge in [0.1, 0.15) is 0 Å². The van der Waals surface area contributed by atoms with Gasteiger partial charge in [0.2, 0.25) is 0 Å². The fourth-order valence-corrected chi connectivity index (χ4v) is 2.29. The fraction of sp³-hybridized carbons (Fsp3) is 0.308. The zero-order chi connectivity index (χ0) is 15.0. The smallest absolute Gasteiger partial charge is 0.358 e. The summed E-state index contributed by atoms with van der Waals surface area (Å²) in [5.41, 5.74) is 1.27. The molecule has 0 aliphatic heterocycles. The number of aromatic carboxylic acids is 1. The van der Waals surface area contributed by atoms with Crippen molar-refractivity contribution in [3.63, 3.8) is 0 Å². The molecule has 3 rings (SSSR count). The van der Waals surface area contributed by atoms with Gasteiger partial charge in [-0.05, 0) is 18.4 Å². The molecule has 0 saturated heterocycles. The molecule has 0 bridgehead atoms. The van der Waals surface area contributed by atoms with Crippen LogP contribution in [0.3, 0.4) is 0 Å². The molecule has 1 heterocycles. The number of carboxylic acids is 1. The van der Waals surface area contributed by atoms with E-state index in [2.05, 4.69) is 10.3 Å². The van der Waals surface area contributed by atoms with Crippen molar-refractivity contribution < 1.29 is 14.8 Å². The van der Waals surface area contributed by atoms with Gasteiger partial charge in [-0.2, -0.15) is 0 Å². The molecule has 21 heavy (non-hydrogen) atoms. The number of carbonyl (C=O) groups is 1. The van der Waals surface area contributed by atoms with Gasteiger partial charge in [0.05, 0.1) is 17.2 Å². The molecule has 1 fully saturated rings. The lowest BCUT2D eigenvalue weighted by atomic mass is 10.2. The summed E-state index contributed by atoms with van der Waals surface area (Å²) in [6, 6.07) is 6.21. The number of aromatic nitrogens is 3. The van der Waals surface area contributed by atoms with Gasteiger partial charge < -0.3 is 5.11 Å².